The van der Waals surface area contributed by atoms with Gasteiger partial charge >= 0.3 is 0 Å². The summed E-state index contributed by atoms with van der Waals surface area (Å²) in [5.74, 6) is 0.715. The molecule has 1 heterocycles. The lowest BCUT2D eigenvalue weighted by Crippen LogP contribution is -1.99. The van der Waals surface area contributed by atoms with Gasteiger partial charge in [0.25, 0.3) is 0 Å². The minimum absolute atomic E-state index is 0.276. The summed E-state index contributed by atoms with van der Waals surface area (Å²) in [6, 6.07) is 16.5. The number of hydrogen-bond donors (Lipinski definition) is 1. The van der Waals surface area contributed by atoms with Crippen molar-refractivity contribution in [2.24, 2.45) is 0 Å². The first-order valence-corrected chi connectivity index (χ1v) is 10.7. The van der Waals surface area contributed by atoms with E-state index in [9.17, 15) is 8.60 Å². The predicted molar refractivity (Wildman–Crippen MR) is 109 cm³/mol. The smallest absolute Gasteiger partial charge is 0.152 e. The van der Waals surface area contributed by atoms with E-state index < -0.39 is 11.1 Å². The molecule has 0 saturated heterocycles. The van der Waals surface area contributed by atoms with E-state index in [2.05, 4.69) is 6.07 Å². The molecule has 142 valence electrons. The van der Waals surface area contributed by atoms with Crippen LogP contribution in [-0.4, -0.2) is 14.5 Å². The van der Waals surface area contributed by atoms with Gasteiger partial charge in [-0.15, -0.1) is 11.3 Å². The summed E-state index contributed by atoms with van der Waals surface area (Å²) in [4.78, 5) is 2.31. The van der Waals surface area contributed by atoms with E-state index in [4.69, 9.17) is 9.29 Å². The highest BCUT2D eigenvalue weighted by Crippen LogP contribution is 2.31. The standard InChI is InChI=1S/C21H21FO3S2/c1-15-4-11-21(26-15)20-10-7-18(22)13-17(20)14-25-19-8-5-16(6-9-19)3-2-12-27(23)24/h4-11,13H,2-3,12,14H2,1H3,(H,23,24). The first kappa shape index (κ1) is 19.7. The van der Waals surface area contributed by atoms with Gasteiger partial charge in [0.2, 0.25) is 0 Å². The second-order valence-electron chi connectivity index (χ2n) is 6.27. The van der Waals surface area contributed by atoms with E-state index in [-0.39, 0.29) is 18.2 Å². The van der Waals surface area contributed by atoms with Gasteiger partial charge in [-0.1, -0.05) is 18.2 Å². The monoisotopic (exact) mass is 404 g/mol. The topological polar surface area (TPSA) is 46.5 Å². The van der Waals surface area contributed by atoms with Gasteiger partial charge in [0.15, 0.2) is 11.1 Å². The molecule has 1 atom stereocenters. The third kappa shape index (κ3) is 5.73. The molecule has 27 heavy (non-hydrogen) atoms. The summed E-state index contributed by atoms with van der Waals surface area (Å²) in [7, 11) is 0. The summed E-state index contributed by atoms with van der Waals surface area (Å²) < 4.78 is 39.1. The maximum Gasteiger partial charge on any atom is 0.152 e. The Morgan fingerprint density at radius 2 is 1.89 bits per heavy atom. The highest BCUT2D eigenvalue weighted by atomic mass is 32.2. The molecule has 3 nitrogen and oxygen atoms in total. The number of benzene rings is 2. The highest BCUT2D eigenvalue weighted by Gasteiger charge is 2.10. The SMILES string of the molecule is Cc1ccc(-c2ccc(F)cc2COc2ccc(CCCS(=O)O)cc2)s1. The van der Waals surface area contributed by atoms with Crippen molar-refractivity contribution in [3.05, 3.63) is 76.4 Å². The van der Waals surface area contributed by atoms with Crippen molar-refractivity contribution in [3.63, 3.8) is 0 Å². The van der Waals surface area contributed by atoms with Crippen LogP contribution in [0.5, 0.6) is 5.75 Å². The van der Waals surface area contributed by atoms with E-state index in [0.29, 0.717) is 12.2 Å². The summed E-state index contributed by atoms with van der Waals surface area (Å²) >= 11 is -0.0645. The molecular formula is C21H21FO3S2. The lowest BCUT2D eigenvalue weighted by atomic mass is 10.1. The van der Waals surface area contributed by atoms with Gasteiger partial charge in [-0.05, 0) is 67.3 Å². The lowest BCUT2D eigenvalue weighted by Gasteiger charge is -2.11. The maximum atomic E-state index is 13.7. The zero-order chi connectivity index (χ0) is 19.2. The molecule has 1 N–H and O–H groups in total. The van der Waals surface area contributed by atoms with Crippen molar-refractivity contribution in [2.45, 2.75) is 26.4 Å². The van der Waals surface area contributed by atoms with E-state index in [1.807, 2.05) is 37.3 Å². The molecule has 6 heteroatoms. The zero-order valence-corrected chi connectivity index (χ0v) is 16.6. The van der Waals surface area contributed by atoms with E-state index in [1.54, 1.807) is 17.4 Å². The molecule has 0 bridgehead atoms. The van der Waals surface area contributed by atoms with Crippen molar-refractivity contribution in [1.29, 1.82) is 0 Å². The van der Waals surface area contributed by atoms with Crippen LogP contribution in [0.25, 0.3) is 10.4 Å². The van der Waals surface area contributed by atoms with Crippen LogP contribution < -0.4 is 4.74 Å². The first-order valence-electron chi connectivity index (χ1n) is 8.66. The quantitative estimate of drug-likeness (QED) is 0.497. The molecule has 0 aliphatic carbocycles. The van der Waals surface area contributed by atoms with Gasteiger partial charge in [0.1, 0.15) is 18.2 Å². The van der Waals surface area contributed by atoms with Crippen LogP contribution in [0.4, 0.5) is 4.39 Å². The van der Waals surface area contributed by atoms with Gasteiger partial charge in [0, 0.05) is 21.1 Å². The molecule has 0 amide bonds. The van der Waals surface area contributed by atoms with Gasteiger partial charge in [0.05, 0.1) is 0 Å². The van der Waals surface area contributed by atoms with Gasteiger partial charge < -0.3 is 9.29 Å². The van der Waals surface area contributed by atoms with Crippen LogP contribution in [0.15, 0.2) is 54.6 Å². The molecular weight excluding hydrogens is 383 g/mol. The molecule has 0 saturated carbocycles. The van der Waals surface area contributed by atoms with Crippen LogP contribution in [0.3, 0.4) is 0 Å². The number of aryl methyl sites for hydroxylation is 2. The van der Waals surface area contributed by atoms with Crippen LogP contribution >= 0.6 is 11.3 Å². The van der Waals surface area contributed by atoms with Gasteiger partial charge in [-0.3, -0.25) is 0 Å². The number of ether oxygens (including phenoxy) is 1. The van der Waals surface area contributed by atoms with E-state index in [1.165, 1.54) is 17.0 Å². The fraction of sp³-hybridized carbons (Fsp3) is 0.238. The molecule has 0 radical (unpaired) electrons. The minimum Gasteiger partial charge on any atom is -0.489 e. The van der Waals surface area contributed by atoms with Crippen LogP contribution in [0.1, 0.15) is 22.4 Å². The van der Waals surface area contributed by atoms with Gasteiger partial charge in [-0.2, -0.15) is 0 Å². The summed E-state index contributed by atoms with van der Waals surface area (Å²) in [5.41, 5.74) is 2.89. The van der Waals surface area contributed by atoms with Crippen LogP contribution in [0.2, 0.25) is 0 Å². The largest absolute Gasteiger partial charge is 0.489 e. The third-order valence-corrected chi connectivity index (χ3v) is 5.85. The van der Waals surface area contributed by atoms with E-state index >= 15 is 0 Å². The Labute approximate surface area is 165 Å². The lowest BCUT2D eigenvalue weighted by molar-refractivity contribution is 0.306. The Balaban J connectivity index is 1.66. The number of rotatable bonds is 8. The molecule has 2 aromatic carbocycles. The average molecular weight is 405 g/mol. The Bertz CT molecular complexity index is 919. The summed E-state index contributed by atoms with van der Waals surface area (Å²) in [6.45, 7) is 2.33. The minimum atomic E-state index is -1.74. The number of thiophene rings is 1. The van der Waals surface area contributed by atoms with Crippen molar-refractivity contribution in [2.75, 3.05) is 5.75 Å². The first-order chi connectivity index (χ1) is 13.0. The Morgan fingerprint density at radius 3 is 2.56 bits per heavy atom. The molecule has 1 aromatic heterocycles. The second kappa shape index (κ2) is 9.26. The fourth-order valence-electron chi connectivity index (χ4n) is 2.81. The molecule has 0 fully saturated rings. The Morgan fingerprint density at radius 1 is 1.11 bits per heavy atom. The van der Waals surface area contributed by atoms with Gasteiger partial charge in [-0.25, -0.2) is 8.60 Å². The van der Waals surface area contributed by atoms with Crippen LogP contribution in [0, 0.1) is 12.7 Å². The molecule has 1 unspecified atom stereocenters. The Hall–Kier alpha value is -2.02. The molecule has 0 spiro atoms. The van der Waals surface area contributed by atoms with Crippen molar-refractivity contribution < 1.29 is 17.9 Å². The van der Waals surface area contributed by atoms with Crippen LogP contribution in [-0.2, 0) is 24.1 Å². The fourth-order valence-corrected chi connectivity index (χ4v) is 4.13. The number of halogens is 1. The Kier molecular flexibility index (Phi) is 6.77. The van der Waals surface area contributed by atoms with Crippen molar-refractivity contribution >= 4 is 22.4 Å². The summed E-state index contributed by atoms with van der Waals surface area (Å²) in [5, 5.41) is 0. The summed E-state index contributed by atoms with van der Waals surface area (Å²) in [6.07, 6.45) is 1.41. The molecule has 3 rings (SSSR count). The molecule has 0 aliphatic rings. The molecule has 3 aromatic rings. The normalized spacial score (nSPS) is 12.1. The predicted octanol–water partition coefficient (Wildman–Crippen LogP) is 5.60. The third-order valence-electron chi connectivity index (χ3n) is 4.18. The van der Waals surface area contributed by atoms with E-state index in [0.717, 1.165) is 28.0 Å². The maximum absolute atomic E-state index is 13.7. The zero-order valence-electron chi connectivity index (χ0n) is 15.0. The van der Waals surface area contributed by atoms with Crippen molar-refractivity contribution in [3.8, 4) is 16.2 Å². The van der Waals surface area contributed by atoms with Crippen molar-refractivity contribution in [1.82, 2.24) is 0 Å². The average Bonchev–Trinajstić information content (AvgIpc) is 3.07. The number of hydrogen-bond acceptors (Lipinski definition) is 3. The second-order valence-corrected chi connectivity index (χ2v) is 8.61. The molecule has 0 aliphatic heterocycles. The highest BCUT2D eigenvalue weighted by molar-refractivity contribution is 7.79.